The maximum Gasteiger partial charge on any atom is 0.258 e. The van der Waals surface area contributed by atoms with Crippen LogP contribution in [0.1, 0.15) is 23.4 Å². The van der Waals surface area contributed by atoms with Gasteiger partial charge in [0, 0.05) is 4.88 Å². The van der Waals surface area contributed by atoms with E-state index in [0.717, 1.165) is 10.4 Å². The normalized spacial score (nSPS) is 11.9. The van der Waals surface area contributed by atoms with Gasteiger partial charge in [-0.3, -0.25) is 4.79 Å². The molecule has 1 amide bonds. The third-order valence-electron chi connectivity index (χ3n) is 2.79. The highest BCUT2D eigenvalue weighted by atomic mass is 35.5. The summed E-state index contributed by atoms with van der Waals surface area (Å²) >= 11 is 7.63. The summed E-state index contributed by atoms with van der Waals surface area (Å²) in [6.45, 7) is 3.85. The zero-order valence-electron chi connectivity index (χ0n) is 11.4. The van der Waals surface area contributed by atoms with Gasteiger partial charge in [-0.1, -0.05) is 23.7 Å². The molecule has 1 atom stereocenters. The van der Waals surface area contributed by atoms with Crippen molar-refractivity contribution in [2.45, 2.75) is 19.9 Å². The van der Waals surface area contributed by atoms with Gasteiger partial charge in [0.15, 0.2) is 6.61 Å². The van der Waals surface area contributed by atoms with Crippen LogP contribution < -0.4 is 10.1 Å². The van der Waals surface area contributed by atoms with Gasteiger partial charge in [-0.05, 0) is 43.0 Å². The van der Waals surface area contributed by atoms with Gasteiger partial charge >= 0.3 is 0 Å². The average Bonchev–Trinajstić information content (AvgIpc) is 2.94. The van der Waals surface area contributed by atoms with E-state index in [9.17, 15) is 4.79 Å². The van der Waals surface area contributed by atoms with Crippen molar-refractivity contribution in [2.24, 2.45) is 0 Å². The highest BCUT2D eigenvalue weighted by Crippen LogP contribution is 2.25. The Hall–Kier alpha value is -1.52. The summed E-state index contributed by atoms with van der Waals surface area (Å²) in [6.07, 6.45) is 0. The standard InChI is InChI=1S/C15H16ClNO2S/c1-10-5-6-12(16)13(8-10)19-9-15(18)17-11(2)14-4-3-7-20-14/h3-8,11H,9H2,1-2H3,(H,17,18). The molecule has 0 saturated heterocycles. The van der Waals surface area contributed by atoms with Crippen molar-refractivity contribution in [3.63, 3.8) is 0 Å². The minimum atomic E-state index is -0.163. The van der Waals surface area contributed by atoms with E-state index in [0.29, 0.717) is 10.8 Å². The van der Waals surface area contributed by atoms with Crippen LogP contribution >= 0.6 is 22.9 Å². The number of nitrogens with one attached hydrogen (secondary N) is 1. The molecule has 106 valence electrons. The first-order valence-electron chi connectivity index (χ1n) is 6.28. The zero-order valence-corrected chi connectivity index (χ0v) is 12.9. The minimum Gasteiger partial charge on any atom is -0.482 e. The van der Waals surface area contributed by atoms with Crippen LogP contribution in [0.4, 0.5) is 0 Å². The number of halogens is 1. The van der Waals surface area contributed by atoms with Gasteiger partial charge in [0.05, 0.1) is 11.1 Å². The third-order valence-corrected chi connectivity index (χ3v) is 4.16. The third kappa shape index (κ3) is 3.99. The van der Waals surface area contributed by atoms with Gasteiger partial charge in [-0.2, -0.15) is 0 Å². The number of thiophene rings is 1. The van der Waals surface area contributed by atoms with E-state index in [4.69, 9.17) is 16.3 Å². The summed E-state index contributed by atoms with van der Waals surface area (Å²) in [4.78, 5) is 13.0. The molecule has 0 bridgehead atoms. The van der Waals surface area contributed by atoms with Crippen LogP contribution in [0.5, 0.6) is 5.75 Å². The summed E-state index contributed by atoms with van der Waals surface area (Å²) in [7, 11) is 0. The van der Waals surface area contributed by atoms with Crippen LogP contribution in [0.15, 0.2) is 35.7 Å². The Labute approximate surface area is 127 Å². The Bertz CT molecular complexity index is 584. The summed E-state index contributed by atoms with van der Waals surface area (Å²) in [5.41, 5.74) is 1.04. The van der Waals surface area contributed by atoms with Gasteiger partial charge in [0.25, 0.3) is 5.91 Å². The van der Waals surface area contributed by atoms with Crippen LogP contribution in [-0.4, -0.2) is 12.5 Å². The number of hydrogen-bond acceptors (Lipinski definition) is 3. The Morgan fingerprint density at radius 3 is 2.95 bits per heavy atom. The molecule has 1 N–H and O–H groups in total. The Morgan fingerprint density at radius 1 is 1.45 bits per heavy atom. The Balaban J connectivity index is 1.87. The molecule has 0 fully saturated rings. The van der Waals surface area contributed by atoms with Crippen molar-refractivity contribution in [2.75, 3.05) is 6.61 Å². The van der Waals surface area contributed by atoms with Gasteiger partial charge in [-0.25, -0.2) is 0 Å². The lowest BCUT2D eigenvalue weighted by molar-refractivity contribution is -0.123. The number of carbonyl (C=O) groups excluding carboxylic acids is 1. The first-order valence-corrected chi connectivity index (χ1v) is 7.53. The van der Waals surface area contributed by atoms with E-state index in [1.54, 1.807) is 17.4 Å². The molecule has 5 heteroatoms. The lowest BCUT2D eigenvalue weighted by atomic mass is 10.2. The van der Waals surface area contributed by atoms with E-state index in [1.807, 2.05) is 43.5 Å². The maximum absolute atomic E-state index is 11.8. The highest BCUT2D eigenvalue weighted by molar-refractivity contribution is 7.10. The zero-order chi connectivity index (χ0) is 14.5. The maximum atomic E-state index is 11.8. The molecule has 1 aromatic heterocycles. The number of hydrogen-bond donors (Lipinski definition) is 1. The molecule has 1 heterocycles. The second-order valence-electron chi connectivity index (χ2n) is 4.53. The van der Waals surface area contributed by atoms with Crippen molar-refractivity contribution >= 4 is 28.8 Å². The predicted molar refractivity (Wildman–Crippen MR) is 82.6 cm³/mol. The van der Waals surface area contributed by atoms with Crippen molar-refractivity contribution in [3.8, 4) is 5.75 Å². The second-order valence-corrected chi connectivity index (χ2v) is 5.91. The molecule has 3 nitrogen and oxygen atoms in total. The summed E-state index contributed by atoms with van der Waals surface area (Å²) < 4.78 is 5.46. The number of aryl methyl sites for hydroxylation is 1. The molecule has 20 heavy (non-hydrogen) atoms. The fraction of sp³-hybridized carbons (Fsp3) is 0.267. The number of amides is 1. The molecule has 0 aliphatic heterocycles. The van der Waals surface area contributed by atoms with Gasteiger partial charge in [-0.15, -0.1) is 11.3 Å². The Kier molecular flexibility index (Phi) is 5.04. The molecule has 0 spiro atoms. The molecule has 0 aliphatic carbocycles. The van der Waals surface area contributed by atoms with E-state index in [1.165, 1.54) is 0 Å². The second kappa shape index (κ2) is 6.77. The minimum absolute atomic E-state index is 0.0147. The highest BCUT2D eigenvalue weighted by Gasteiger charge is 2.11. The van der Waals surface area contributed by atoms with Gasteiger partial charge in [0.2, 0.25) is 0 Å². The van der Waals surface area contributed by atoms with Gasteiger partial charge < -0.3 is 10.1 Å². The molecule has 2 rings (SSSR count). The number of rotatable bonds is 5. The number of ether oxygens (including phenoxy) is 1. The molecule has 1 aromatic carbocycles. The number of carbonyl (C=O) groups is 1. The summed E-state index contributed by atoms with van der Waals surface area (Å²) in [5, 5.41) is 5.39. The van der Waals surface area contributed by atoms with Crippen LogP contribution in [-0.2, 0) is 4.79 Å². The van der Waals surface area contributed by atoms with Crippen molar-refractivity contribution in [3.05, 3.63) is 51.2 Å². The first kappa shape index (κ1) is 14.9. The lowest BCUT2D eigenvalue weighted by Gasteiger charge is -2.13. The summed E-state index contributed by atoms with van der Waals surface area (Å²) in [5.74, 6) is 0.370. The molecular weight excluding hydrogens is 294 g/mol. The van der Waals surface area contributed by atoms with E-state index in [2.05, 4.69) is 5.32 Å². The van der Waals surface area contributed by atoms with Crippen LogP contribution in [0.25, 0.3) is 0 Å². The molecule has 2 aromatic rings. The van der Waals surface area contributed by atoms with E-state index in [-0.39, 0.29) is 18.6 Å². The summed E-state index contributed by atoms with van der Waals surface area (Å²) in [6, 6.07) is 9.42. The van der Waals surface area contributed by atoms with Crippen molar-refractivity contribution in [1.29, 1.82) is 0 Å². The molecule has 0 aliphatic rings. The average molecular weight is 310 g/mol. The first-order chi connectivity index (χ1) is 9.56. The quantitative estimate of drug-likeness (QED) is 0.907. The monoisotopic (exact) mass is 309 g/mol. The molecular formula is C15H16ClNO2S. The fourth-order valence-corrected chi connectivity index (χ4v) is 2.66. The molecule has 1 unspecified atom stereocenters. The van der Waals surface area contributed by atoms with Crippen LogP contribution in [0.3, 0.4) is 0 Å². The lowest BCUT2D eigenvalue weighted by Crippen LogP contribution is -2.30. The smallest absolute Gasteiger partial charge is 0.258 e. The van der Waals surface area contributed by atoms with Crippen LogP contribution in [0.2, 0.25) is 5.02 Å². The van der Waals surface area contributed by atoms with E-state index >= 15 is 0 Å². The van der Waals surface area contributed by atoms with E-state index < -0.39 is 0 Å². The van der Waals surface area contributed by atoms with Gasteiger partial charge in [0.1, 0.15) is 5.75 Å². The predicted octanol–water partition coefficient (Wildman–Crippen LogP) is 3.97. The SMILES string of the molecule is Cc1ccc(Cl)c(OCC(=O)NC(C)c2cccs2)c1. The molecule has 0 saturated carbocycles. The molecule has 0 radical (unpaired) electrons. The Morgan fingerprint density at radius 2 is 2.25 bits per heavy atom. The van der Waals surface area contributed by atoms with Crippen LogP contribution in [0, 0.1) is 6.92 Å². The number of benzene rings is 1. The topological polar surface area (TPSA) is 38.3 Å². The van der Waals surface area contributed by atoms with Crippen molar-refractivity contribution < 1.29 is 9.53 Å². The van der Waals surface area contributed by atoms with Crippen molar-refractivity contribution in [1.82, 2.24) is 5.32 Å². The largest absolute Gasteiger partial charge is 0.482 e. The fourth-order valence-electron chi connectivity index (χ4n) is 1.76.